The Labute approximate surface area is 116 Å². The summed E-state index contributed by atoms with van der Waals surface area (Å²) in [5.74, 6) is -0.591. The summed E-state index contributed by atoms with van der Waals surface area (Å²) in [5.41, 5.74) is 0.124. The normalized spacial score (nSPS) is 11.8. The van der Waals surface area contributed by atoms with Crippen molar-refractivity contribution in [2.75, 3.05) is 18.6 Å². The van der Waals surface area contributed by atoms with Gasteiger partial charge in [0.1, 0.15) is 18.0 Å². The molecule has 0 fully saturated rings. The minimum atomic E-state index is -1.04. The van der Waals surface area contributed by atoms with Gasteiger partial charge < -0.3 is 14.7 Å². The second kappa shape index (κ2) is 6.74. The first-order chi connectivity index (χ1) is 9.40. The Morgan fingerprint density at radius 1 is 1.55 bits per heavy atom. The Morgan fingerprint density at radius 3 is 2.65 bits per heavy atom. The molecule has 110 valence electrons. The summed E-state index contributed by atoms with van der Waals surface area (Å²) >= 11 is 0. The van der Waals surface area contributed by atoms with Crippen LogP contribution < -0.4 is 9.64 Å². The minimum Gasteiger partial charge on any atom is -0.497 e. The van der Waals surface area contributed by atoms with Crippen LogP contribution in [0.3, 0.4) is 0 Å². The first-order valence-electron chi connectivity index (χ1n) is 6.21. The van der Waals surface area contributed by atoms with Gasteiger partial charge >= 0.3 is 5.97 Å². The largest absolute Gasteiger partial charge is 0.497 e. The number of carboxylic acids is 1. The lowest BCUT2D eigenvalue weighted by atomic mass is 10.1. The predicted octanol–water partition coefficient (Wildman–Crippen LogP) is 2.29. The lowest BCUT2D eigenvalue weighted by Gasteiger charge is -2.28. The van der Waals surface area contributed by atoms with Crippen molar-refractivity contribution in [3.8, 4) is 5.75 Å². The highest BCUT2D eigenvalue weighted by Crippen LogP contribution is 2.33. The van der Waals surface area contributed by atoms with Gasteiger partial charge in [-0.3, -0.25) is 14.9 Å². The van der Waals surface area contributed by atoms with Crippen LogP contribution in [-0.2, 0) is 4.79 Å². The SMILES string of the molecule is CCC(C)N(CC(=O)O)c1cc(OC)ccc1[N+](=O)[O-]. The van der Waals surface area contributed by atoms with Crippen LogP contribution >= 0.6 is 0 Å². The lowest BCUT2D eigenvalue weighted by Crippen LogP contribution is -2.37. The predicted molar refractivity (Wildman–Crippen MR) is 74.4 cm³/mol. The fourth-order valence-corrected chi connectivity index (χ4v) is 1.86. The standard InChI is InChI=1S/C13H18N2O5/c1-4-9(2)14(8-13(16)17)12-7-10(20-3)5-6-11(12)15(18)19/h5-7,9H,4,8H2,1-3H3,(H,16,17). The summed E-state index contributed by atoms with van der Waals surface area (Å²) in [6.07, 6.45) is 0.668. The van der Waals surface area contributed by atoms with Crippen LogP contribution in [0.15, 0.2) is 18.2 Å². The highest BCUT2D eigenvalue weighted by Gasteiger charge is 2.25. The van der Waals surface area contributed by atoms with Crippen molar-refractivity contribution in [3.63, 3.8) is 0 Å². The smallest absolute Gasteiger partial charge is 0.323 e. The quantitative estimate of drug-likeness (QED) is 0.609. The average Bonchev–Trinajstić information content (AvgIpc) is 2.42. The van der Waals surface area contributed by atoms with Gasteiger partial charge in [0.15, 0.2) is 0 Å². The van der Waals surface area contributed by atoms with E-state index in [9.17, 15) is 14.9 Å². The third kappa shape index (κ3) is 3.59. The molecule has 0 saturated heterocycles. The van der Waals surface area contributed by atoms with Crippen LogP contribution in [0, 0.1) is 10.1 Å². The van der Waals surface area contributed by atoms with E-state index >= 15 is 0 Å². The molecule has 1 atom stereocenters. The molecule has 7 heteroatoms. The second-order valence-corrected chi connectivity index (χ2v) is 4.39. The molecule has 0 amide bonds. The summed E-state index contributed by atoms with van der Waals surface area (Å²) < 4.78 is 5.06. The number of hydrogen-bond acceptors (Lipinski definition) is 5. The first-order valence-corrected chi connectivity index (χ1v) is 6.21. The number of ether oxygens (including phenoxy) is 1. The maximum absolute atomic E-state index is 11.1. The van der Waals surface area contributed by atoms with E-state index in [1.807, 2.05) is 13.8 Å². The number of carboxylic acid groups (broad SMARTS) is 1. The molecule has 1 aromatic rings. The Kier molecular flexibility index (Phi) is 5.31. The van der Waals surface area contributed by atoms with Gasteiger partial charge in [0.2, 0.25) is 0 Å². The molecule has 0 saturated carbocycles. The van der Waals surface area contributed by atoms with E-state index < -0.39 is 10.9 Å². The minimum absolute atomic E-state index is 0.132. The Morgan fingerprint density at radius 2 is 2.20 bits per heavy atom. The van der Waals surface area contributed by atoms with E-state index in [1.54, 1.807) is 0 Å². The third-order valence-corrected chi connectivity index (χ3v) is 3.12. The number of hydrogen-bond donors (Lipinski definition) is 1. The van der Waals surface area contributed by atoms with Crippen LogP contribution in [-0.4, -0.2) is 35.7 Å². The van der Waals surface area contributed by atoms with Crippen molar-refractivity contribution in [1.82, 2.24) is 0 Å². The zero-order valence-electron chi connectivity index (χ0n) is 11.7. The molecule has 1 unspecified atom stereocenters. The molecule has 0 aromatic heterocycles. The zero-order chi connectivity index (χ0) is 15.3. The monoisotopic (exact) mass is 282 g/mol. The number of rotatable bonds is 7. The zero-order valence-corrected chi connectivity index (χ0v) is 11.7. The van der Waals surface area contributed by atoms with Crippen LogP contribution in [0.5, 0.6) is 5.75 Å². The summed E-state index contributed by atoms with van der Waals surface area (Å²) in [6, 6.07) is 4.16. The number of carbonyl (C=O) groups is 1. The van der Waals surface area contributed by atoms with Gasteiger partial charge in [0.05, 0.1) is 12.0 Å². The number of nitro groups is 1. The van der Waals surface area contributed by atoms with E-state index in [1.165, 1.54) is 30.2 Å². The molecular formula is C13H18N2O5. The third-order valence-electron chi connectivity index (χ3n) is 3.12. The fraction of sp³-hybridized carbons (Fsp3) is 0.462. The molecule has 0 aliphatic heterocycles. The lowest BCUT2D eigenvalue weighted by molar-refractivity contribution is -0.384. The molecule has 0 spiro atoms. The van der Waals surface area contributed by atoms with Crippen LogP contribution in [0.1, 0.15) is 20.3 Å². The summed E-state index contributed by atoms with van der Waals surface area (Å²) in [6.45, 7) is 3.42. The number of aliphatic carboxylic acids is 1. The second-order valence-electron chi connectivity index (χ2n) is 4.39. The van der Waals surface area contributed by atoms with Crippen LogP contribution in [0.2, 0.25) is 0 Å². The number of nitrogens with zero attached hydrogens (tertiary/aromatic N) is 2. The fourth-order valence-electron chi connectivity index (χ4n) is 1.86. The molecule has 20 heavy (non-hydrogen) atoms. The molecule has 0 radical (unpaired) electrons. The van der Waals surface area contributed by atoms with Gasteiger partial charge in [-0.2, -0.15) is 0 Å². The van der Waals surface area contributed by atoms with Crippen molar-refractivity contribution in [1.29, 1.82) is 0 Å². The summed E-state index contributed by atoms with van der Waals surface area (Å²) in [7, 11) is 1.45. The van der Waals surface area contributed by atoms with Crippen molar-refractivity contribution in [2.24, 2.45) is 0 Å². The maximum Gasteiger partial charge on any atom is 0.323 e. The molecule has 0 bridgehead atoms. The molecule has 0 aliphatic carbocycles. The highest BCUT2D eigenvalue weighted by atomic mass is 16.6. The van der Waals surface area contributed by atoms with Crippen LogP contribution in [0.25, 0.3) is 0 Å². The average molecular weight is 282 g/mol. The van der Waals surface area contributed by atoms with Crippen molar-refractivity contribution in [2.45, 2.75) is 26.3 Å². The van der Waals surface area contributed by atoms with E-state index in [0.717, 1.165) is 0 Å². The highest BCUT2D eigenvalue weighted by molar-refractivity contribution is 5.77. The number of nitro benzene ring substituents is 1. The number of methoxy groups -OCH3 is 1. The maximum atomic E-state index is 11.1. The van der Waals surface area contributed by atoms with Gasteiger partial charge in [0, 0.05) is 18.2 Å². The van der Waals surface area contributed by atoms with Crippen molar-refractivity contribution >= 4 is 17.3 Å². The van der Waals surface area contributed by atoms with E-state index in [0.29, 0.717) is 12.2 Å². The van der Waals surface area contributed by atoms with Gasteiger partial charge in [-0.25, -0.2) is 0 Å². The molecule has 1 rings (SSSR count). The summed E-state index contributed by atoms with van der Waals surface area (Å²) in [4.78, 5) is 23.1. The number of anilines is 1. The van der Waals surface area contributed by atoms with Gasteiger partial charge in [-0.05, 0) is 19.4 Å². The van der Waals surface area contributed by atoms with Crippen molar-refractivity contribution in [3.05, 3.63) is 28.3 Å². The van der Waals surface area contributed by atoms with Gasteiger partial charge in [-0.15, -0.1) is 0 Å². The van der Waals surface area contributed by atoms with Gasteiger partial charge in [-0.1, -0.05) is 6.92 Å². The molecule has 0 aliphatic rings. The molecular weight excluding hydrogens is 264 g/mol. The Hall–Kier alpha value is -2.31. The molecule has 7 nitrogen and oxygen atoms in total. The summed E-state index contributed by atoms with van der Waals surface area (Å²) in [5, 5.41) is 20.1. The van der Waals surface area contributed by atoms with Gasteiger partial charge in [0.25, 0.3) is 5.69 Å². The molecule has 1 N–H and O–H groups in total. The molecule has 1 aromatic carbocycles. The Bertz CT molecular complexity index is 504. The van der Waals surface area contributed by atoms with E-state index in [2.05, 4.69) is 0 Å². The van der Waals surface area contributed by atoms with Crippen LogP contribution in [0.4, 0.5) is 11.4 Å². The van der Waals surface area contributed by atoms with E-state index in [-0.39, 0.29) is 24.0 Å². The topological polar surface area (TPSA) is 92.9 Å². The first kappa shape index (κ1) is 15.7. The van der Waals surface area contributed by atoms with E-state index in [4.69, 9.17) is 9.84 Å². The number of benzene rings is 1. The van der Waals surface area contributed by atoms with Crippen molar-refractivity contribution < 1.29 is 19.6 Å². The Balaban J connectivity index is 3.34. The molecule has 0 heterocycles.